The Morgan fingerprint density at radius 1 is 0.857 bits per heavy atom. The van der Waals surface area contributed by atoms with Gasteiger partial charge in [-0.2, -0.15) is 0 Å². The molecule has 0 spiro atoms. The topological polar surface area (TPSA) is 46.2 Å². The Labute approximate surface area is 134 Å². The fourth-order valence-corrected chi connectivity index (χ4v) is 3.05. The van der Waals surface area contributed by atoms with Gasteiger partial charge in [-0.05, 0) is 35.4 Å². The van der Waals surface area contributed by atoms with Crippen LogP contribution in [0.1, 0.15) is 0 Å². The second kappa shape index (κ2) is 5.87. The molecule has 0 aromatic heterocycles. The molecule has 0 saturated carbocycles. The number of carbonyl (C=O) groups is 2. The van der Waals surface area contributed by atoms with Crippen LogP contribution in [0, 0.1) is 0 Å². The van der Waals surface area contributed by atoms with Crippen molar-refractivity contribution in [3.63, 3.8) is 0 Å². The Hall–Kier alpha value is -1.85. The molecule has 5 heteroatoms. The lowest BCUT2D eigenvalue weighted by Gasteiger charge is -2.04. The van der Waals surface area contributed by atoms with Gasteiger partial charge in [0, 0.05) is 15.4 Å². The molecule has 2 amide bonds. The predicted octanol–water partition coefficient (Wildman–Crippen LogP) is 3.75. The zero-order valence-corrected chi connectivity index (χ0v) is 13.2. The van der Waals surface area contributed by atoms with E-state index in [9.17, 15) is 9.59 Å². The molecule has 0 radical (unpaired) electrons. The molecule has 2 aromatic carbocycles. The van der Waals surface area contributed by atoms with Crippen LogP contribution in [0.2, 0.25) is 0 Å². The molecule has 0 aliphatic carbocycles. The predicted molar refractivity (Wildman–Crippen MR) is 86.7 cm³/mol. The molecule has 104 valence electrons. The summed E-state index contributed by atoms with van der Waals surface area (Å²) >= 11 is 4.70. The summed E-state index contributed by atoms with van der Waals surface area (Å²) in [4.78, 5) is 23.9. The van der Waals surface area contributed by atoms with Crippen LogP contribution in [-0.4, -0.2) is 11.8 Å². The maximum atomic E-state index is 11.5. The zero-order chi connectivity index (χ0) is 14.8. The Bertz CT molecular complexity index is 736. The summed E-state index contributed by atoms with van der Waals surface area (Å²) < 4.78 is 1.04. The van der Waals surface area contributed by atoms with E-state index in [4.69, 9.17) is 0 Å². The van der Waals surface area contributed by atoms with Crippen LogP contribution in [0.25, 0.3) is 11.1 Å². The molecular formula is C16H10BrNO2S. The number of thioether (sulfide) groups is 1. The monoisotopic (exact) mass is 359 g/mol. The molecule has 0 bridgehead atoms. The molecule has 21 heavy (non-hydrogen) atoms. The third kappa shape index (κ3) is 3.25. The van der Waals surface area contributed by atoms with Crippen molar-refractivity contribution in [3.8, 4) is 11.1 Å². The highest BCUT2D eigenvalue weighted by Gasteiger charge is 2.21. The van der Waals surface area contributed by atoms with Crippen molar-refractivity contribution >= 4 is 39.5 Å². The van der Waals surface area contributed by atoms with Crippen LogP contribution in [0.4, 0.5) is 0 Å². The van der Waals surface area contributed by atoms with Crippen molar-refractivity contribution < 1.29 is 9.59 Å². The quantitative estimate of drug-likeness (QED) is 0.848. The van der Waals surface area contributed by atoms with Gasteiger partial charge in [0.25, 0.3) is 11.8 Å². The molecule has 3 rings (SSSR count). The summed E-state index contributed by atoms with van der Waals surface area (Å²) in [5.41, 5.74) is 2.23. The zero-order valence-electron chi connectivity index (χ0n) is 10.8. The average Bonchev–Trinajstić information content (AvgIpc) is 2.79. The van der Waals surface area contributed by atoms with E-state index in [0.29, 0.717) is 4.91 Å². The number of hydrogen-bond donors (Lipinski definition) is 1. The summed E-state index contributed by atoms with van der Waals surface area (Å²) in [6, 6.07) is 16.0. The molecule has 0 atom stereocenters. The molecule has 1 aliphatic rings. The van der Waals surface area contributed by atoms with Crippen molar-refractivity contribution in [1.82, 2.24) is 5.32 Å². The van der Waals surface area contributed by atoms with Gasteiger partial charge >= 0.3 is 0 Å². The maximum absolute atomic E-state index is 11.5. The molecular weight excluding hydrogens is 350 g/mol. The molecule has 0 saturated heterocycles. The fourth-order valence-electron chi connectivity index (χ4n) is 1.95. The third-order valence-electron chi connectivity index (χ3n) is 2.98. The first-order chi connectivity index (χ1) is 10.1. The van der Waals surface area contributed by atoms with Crippen LogP contribution in [0.15, 0.2) is 68.9 Å². The van der Waals surface area contributed by atoms with Crippen molar-refractivity contribution in [1.29, 1.82) is 0 Å². The first-order valence-electron chi connectivity index (χ1n) is 6.23. The summed E-state index contributed by atoms with van der Waals surface area (Å²) in [6.45, 7) is 0. The van der Waals surface area contributed by atoms with E-state index >= 15 is 0 Å². The van der Waals surface area contributed by atoms with E-state index in [1.54, 1.807) is 0 Å². The van der Waals surface area contributed by atoms with Gasteiger partial charge < -0.3 is 0 Å². The lowest BCUT2D eigenvalue weighted by Crippen LogP contribution is -2.21. The highest BCUT2D eigenvalue weighted by molar-refractivity contribution is 9.10. The molecule has 1 N–H and O–H groups in total. The van der Waals surface area contributed by atoms with E-state index in [2.05, 4.69) is 21.2 Å². The van der Waals surface area contributed by atoms with Gasteiger partial charge in [-0.15, -0.1) is 0 Å². The fraction of sp³-hybridized carbons (Fsp3) is 0. The van der Waals surface area contributed by atoms with Crippen LogP contribution < -0.4 is 5.32 Å². The van der Waals surface area contributed by atoms with Crippen molar-refractivity contribution in [3.05, 3.63) is 64.0 Å². The minimum absolute atomic E-state index is 0.331. The van der Waals surface area contributed by atoms with Crippen LogP contribution in [0.5, 0.6) is 0 Å². The number of rotatable bonds is 3. The van der Waals surface area contributed by atoms with Crippen LogP contribution in [-0.2, 0) is 9.59 Å². The number of imide groups is 1. The maximum Gasteiger partial charge on any atom is 0.265 e. The SMILES string of the molecule is O=C1C=C(Sc2ccc(-c3ccc(Br)cc3)cc2)C(=O)N1. The smallest absolute Gasteiger partial charge is 0.265 e. The van der Waals surface area contributed by atoms with Gasteiger partial charge in [0.05, 0.1) is 4.91 Å². The van der Waals surface area contributed by atoms with Crippen LogP contribution in [0.3, 0.4) is 0 Å². The Morgan fingerprint density at radius 3 is 1.95 bits per heavy atom. The summed E-state index contributed by atoms with van der Waals surface area (Å²) in [6.07, 6.45) is 1.33. The van der Waals surface area contributed by atoms with Gasteiger partial charge in [-0.3, -0.25) is 14.9 Å². The minimum atomic E-state index is -0.353. The summed E-state index contributed by atoms with van der Waals surface area (Å²) in [7, 11) is 0. The summed E-state index contributed by atoms with van der Waals surface area (Å²) in [5.74, 6) is -0.684. The second-order valence-electron chi connectivity index (χ2n) is 4.46. The Kier molecular flexibility index (Phi) is 3.94. The molecule has 1 aliphatic heterocycles. The highest BCUT2D eigenvalue weighted by Crippen LogP contribution is 2.30. The molecule has 2 aromatic rings. The lowest BCUT2D eigenvalue weighted by atomic mass is 10.1. The van der Waals surface area contributed by atoms with Gasteiger partial charge in [0.1, 0.15) is 0 Å². The normalized spacial score (nSPS) is 14.0. The van der Waals surface area contributed by atoms with E-state index in [0.717, 1.165) is 20.5 Å². The van der Waals surface area contributed by atoms with E-state index in [1.807, 2.05) is 48.5 Å². The first-order valence-corrected chi connectivity index (χ1v) is 7.84. The molecule has 1 heterocycles. The van der Waals surface area contributed by atoms with Gasteiger partial charge in [-0.1, -0.05) is 52.0 Å². The van der Waals surface area contributed by atoms with E-state index in [-0.39, 0.29) is 11.8 Å². The van der Waals surface area contributed by atoms with Gasteiger partial charge in [0.15, 0.2) is 0 Å². The van der Waals surface area contributed by atoms with Crippen molar-refractivity contribution in [2.45, 2.75) is 4.90 Å². The Balaban J connectivity index is 1.78. The van der Waals surface area contributed by atoms with Gasteiger partial charge in [-0.25, -0.2) is 0 Å². The number of halogens is 1. The van der Waals surface area contributed by atoms with Crippen molar-refractivity contribution in [2.75, 3.05) is 0 Å². The number of hydrogen-bond acceptors (Lipinski definition) is 3. The highest BCUT2D eigenvalue weighted by atomic mass is 79.9. The number of nitrogens with one attached hydrogen (secondary N) is 1. The lowest BCUT2D eigenvalue weighted by molar-refractivity contribution is -0.123. The molecule has 0 fully saturated rings. The summed E-state index contributed by atoms with van der Waals surface area (Å²) in [5, 5.41) is 2.23. The number of benzene rings is 2. The van der Waals surface area contributed by atoms with E-state index < -0.39 is 0 Å². The van der Waals surface area contributed by atoms with Gasteiger partial charge in [0.2, 0.25) is 0 Å². The molecule has 0 unspecified atom stereocenters. The second-order valence-corrected chi connectivity index (χ2v) is 6.49. The first kappa shape index (κ1) is 14.1. The van der Waals surface area contributed by atoms with E-state index in [1.165, 1.54) is 17.8 Å². The largest absolute Gasteiger partial charge is 0.288 e. The standard InChI is InChI=1S/C16H10BrNO2S/c17-12-5-1-10(2-6-12)11-3-7-13(8-4-11)21-14-9-15(19)18-16(14)20/h1-9H,(H,18,19,20). The number of amides is 2. The minimum Gasteiger partial charge on any atom is -0.288 e. The Morgan fingerprint density at radius 2 is 1.43 bits per heavy atom. The molecule has 3 nitrogen and oxygen atoms in total. The third-order valence-corrected chi connectivity index (χ3v) is 4.54. The van der Waals surface area contributed by atoms with Crippen LogP contribution >= 0.6 is 27.7 Å². The number of carbonyl (C=O) groups excluding carboxylic acids is 2. The average molecular weight is 360 g/mol. The van der Waals surface area contributed by atoms with Crippen molar-refractivity contribution in [2.24, 2.45) is 0 Å².